The molecule has 0 unspecified atom stereocenters. The van der Waals surface area contributed by atoms with Crippen molar-refractivity contribution < 1.29 is 13.9 Å². The van der Waals surface area contributed by atoms with Crippen molar-refractivity contribution in [3.63, 3.8) is 0 Å². The Labute approximate surface area is 136 Å². The maximum absolute atomic E-state index is 10.7. The third kappa shape index (κ3) is 5.27. The number of nitrogens with two attached hydrogens (primary N) is 2. The van der Waals surface area contributed by atoms with Gasteiger partial charge in [-0.1, -0.05) is 0 Å². The number of thiazole rings is 1. The lowest BCUT2D eigenvalue weighted by atomic mass is 10.3. The first-order valence-electron chi connectivity index (χ1n) is 6.72. The number of hydrogen-bond acceptors (Lipinski definition) is 6. The number of urea groups is 1. The fraction of sp³-hybridized carbons (Fsp3) is 0.308. The van der Waals surface area contributed by atoms with Gasteiger partial charge in [-0.05, 0) is 12.1 Å². The van der Waals surface area contributed by atoms with Crippen LogP contribution >= 0.6 is 11.3 Å². The first-order chi connectivity index (χ1) is 11.1. The summed E-state index contributed by atoms with van der Waals surface area (Å²) >= 11 is 1.38. The quantitative estimate of drug-likeness (QED) is 0.336. The molecule has 0 bridgehead atoms. The highest BCUT2D eigenvalue weighted by atomic mass is 32.1. The molecule has 0 saturated carbocycles. The summed E-state index contributed by atoms with van der Waals surface area (Å²) in [5, 5.41) is 7.79. The molecule has 0 aliphatic rings. The Bertz CT molecular complexity index is 681. The number of methoxy groups -OCH3 is 1. The summed E-state index contributed by atoms with van der Waals surface area (Å²) in [6.07, 6.45) is 0. The van der Waals surface area contributed by atoms with Gasteiger partial charge in [0.2, 0.25) is 0 Å². The lowest BCUT2D eigenvalue weighted by Crippen LogP contribution is -2.28. The first-order valence-corrected chi connectivity index (χ1v) is 7.60. The van der Waals surface area contributed by atoms with Gasteiger partial charge < -0.3 is 31.3 Å². The van der Waals surface area contributed by atoms with Crippen LogP contribution in [0.1, 0.15) is 5.76 Å². The van der Waals surface area contributed by atoms with Gasteiger partial charge in [0.15, 0.2) is 16.9 Å². The van der Waals surface area contributed by atoms with Crippen molar-refractivity contribution in [2.45, 2.75) is 6.54 Å². The van der Waals surface area contributed by atoms with E-state index in [0.717, 1.165) is 0 Å². The van der Waals surface area contributed by atoms with E-state index in [9.17, 15) is 4.79 Å². The van der Waals surface area contributed by atoms with E-state index in [1.165, 1.54) is 11.3 Å². The van der Waals surface area contributed by atoms with Crippen LogP contribution in [-0.2, 0) is 11.3 Å². The Kier molecular flexibility index (Phi) is 5.94. The highest BCUT2D eigenvalue weighted by molar-refractivity contribution is 7.14. The van der Waals surface area contributed by atoms with Crippen molar-refractivity contribution in [1.29, 1.82) is 0 Å². The van der Waals surface area contributed by atoms with E-state index in [0.29, 0.717) is 35.5 Å². The number of primary amides is 1. The third-order valence-corrected chi connectivity index (χ3v) is 3.43. The number of nitrogens with zero attached hydrogens (tertiary/aromatic N) is 2. The average molecular weight is 338 g/mol. The Hall–Kier alpha value is -2.59. The van der Waals surface area contributed by atoms with E-state index in [-0.39, 0.29) is 12.5 Å². The van der Waals surface area contributed by atoms with Gasteiger partial charge in [0.05, 0.1) is 19.7 Å². The van der Waals surface area contributed by atoms with Crippen molar-refractivity contribution in [3.8, 4) is 11.5 Å². The zero-order valence-electron chi connectivity index (χ0n) is 12.5. The number of anilines is 1. The fourth-order valence-corrected chi connectivity index (χ4v) is 2.34. The number of nitrogens with one attached hydrogen (secondary N) is 2. The molecule has 2 amide bonds. The number of aromatic nitrogens is 1. The van der Waals surface area contributed by atoms with E-state index >= 15 is 0 Å². The topological polar surface area (TPSA) is 141 Å². The zero-order valence-corrected chi connectivity index (χ0v) is 13.4. The summed E-state index contributed by atoms with van der Waals surface area (Å²) in [6.45, 7) is 1.20. The summed E-state index contributed by atoms with van der Waals surface area (Å²) in [7, 11) is 1.60. The van der Waals surface area contributed by atoms with E-state index in [4.69, 9.17) is 20.6 Å². The maximum Gasteiger partial charge on any atom is 0.312 e. The SMILES string of the molecule is COCCN=C(N)Nc1nc(-c2ccc(CNC(N)=O)o2)cs1. The molecule has 10 heteroatoms. The van der Waals surface area contributed by atoms with Gasteiger partial charge in [-0.25, -0.2) is 9.78 Å². The number of guanidine groups is 1. The van der Waals surface area contributed by atoms with Crippen LogP contribution in [0, 0.1) is 0 Å². The molecule has 2 aromatic heterocycles. The summed E-state index contributed by atoms with van der Waals surface area (Å²) in [5.41, 5.74) is 11.4. The Morgan fingerprint density at radius 2 is 2.30 bits per heavy atom. The van der Waals surface area contributed by atoms with Gasteiger partial charge >= 0.3 is 6.03 Å². The molecule has 2 heterocycles. The molecule has 0 saturated heterocycles. The normalized spacial score (nSPS) is 11.4. The van der Waals surface area contributed by atoms with Crippen molar-refractivity contribution in [2.24, 2.45) is 16.5 Å². The summed E-state index contributed by atoms with van der Waals surface area (Å²) in [6, 6.07) is 2.91. The number of hydrogen-bond donors (Lipinski definition) is 4. The Balaban J connectivity index is 1.96. The van der Waals surface area contributed by atoms with E-state index < -0.39 is 6.03 Å². The number of carbonyl (C=O) groups excluding carboxylic acids is 1. The first kappa shape index (κ1) is 16.8. The molecule has 124 valence electrons. The van der Waals surface area contributed by atoms with Crippen LogP contribution in [0.15, 0.2) is 26.9 Å². The smallest absolute Gasteiger partial charge is 0.312 e. The second-order valence-corrected chi connectivity index (χ2v) is 5.26. The average Bonchev–Trinajstić information content (AvgIpc) is 3.14. The van der Waals surface area contributed by atoms with Crippen LogP contribution in [-0.4, -0.2) is 37.2 Å². The summed E-state index contributed by atoms with van der Waals surface area (Å²) < 4.78 is 10.5. The number of amides is 2. The highest BCUT2D eigenvalue weighted by Gasteiger charge is 2.10. The van der Waals surface area contributed by atoms with E-state index in [1.54, 1.807) is 19.2 Å². The molecule has 0 aromatic carbocycles. The van der Waals surface area contributed by atoms with Crippen LogP contribution in [0.3, 0.4) is 0 Å². The minimum atomic E-state index is -0.605. The molecule has 2 rings (SSSR count). The monoisotopic (exact) mass is 338 g/mol. The zero-order chi connectivity index (χ0) is 16.7. The van der Waals surface area contributed by atoms with Crippen molar-refractivity contribution >= 4 is 28.5 Å². The van der Waals surface area contributed by atoms with Gasteiger partial charge in [-0.2, -0.15) is 0 Å². The third-order valence-electron chi connectivity index (χ3n) is 2.67. The minimum absolute atomic E-state index is 0.226. The second-order valence-electron chi connectivity index (χ2n) is 4.41. The van der Waals surface area contributed by atoms with Crippen LogP contribution in [0.4, 0.5) is 9.93 Å². The van der Waals surface area contributed by atoms with Gasteiger partial charge in [0.25, 0.3) is 0 Å². The maximum atomic E-state index is 10.7. The molecule has 0 spiro atoms. The number of rotatable bonds is 7. The van der Waals surface area contributed by atoms with Gasteiger partial charge in [-0.3, -0.25) is 4.99 Å². The molecule has 0 aliphatic carbocycles. The molecule has 6 N–H and O–H groups in total. The van der Waals surface area contributed by atoms with Crippen molar-refractivity contribution in [3.05, 3.63) is 23.3 Å². The van der Waals surface area contributed by atoms with E-state index in [1.807, 2.05) is 5.38 Å². The molecule has 0 fully saturated rings. The molecule has 0 radical (unpaired) electrons. The number of ether oxygens (including phenoxy) is 1. The molecular formula is C13H18N6O3S. The number of furan rings is 1. The van der Waals surface area contributed by atoms with Gasteiger partial charge in [0, 0.05) is 12.5 Å². The minimum Gasteiger partial charge on any atom is -0.458 e. The molecule has 9 nitrogen and oxygen atoms in total. The summed E-state index contributed by atoms with van der Waals surface area (Å²) in [4.78, 5) is 19.1. The lowest BCUT2D eigenvalue weighted by Gasteiger charge is -2.01. The van der Waals surface area contributed by atoms with Crippen LogP contribution in [0.5, 0.6) is 0 Å². The van der Waals surface area contributed by atoms with Gasteiger partial charge in [-0.15, -0.1) is 11.3 Å². The number of aliphatic imine (C=N–C) groups is 1. The predicted molar refractivity (Wildman–Crippen MR) is 88.2 cm³/mol. The highest BCUT2D eigenvalue weighted by Crippen LogP contribution is 2.26. The molecule has 23 heavy (non-hydrogen) atoms. The van der Waals surface area contributed by atoms with E-state index in [2.05, 4.69) is 20.6 Å². The second kappa shape index (κ2) is 8.15. The largest absolute Gasteiger partial charge is 0.458 e. The number of carbonyl (C=O) groups is 1. The summed E-state index contributed by atoms with van der Waals surface area (Å²) in [5.74, 6) is 1.45. The predicted octanol–water partition coefficient (Wildman–Crippen LogP) is 0.944. The molecular weight excluding hydrogens is 320 g/mol. The van der Waals surface area contributed by atoms with Crippen LogP contribution < -0.4 is 22.1 Å². The Morgan fingerprint density at radius 1 is 1.48 bits per heavy atom. The van der Waals surface area contributed by atoms with Crippen LogP contribution in [0.25, 0.3) is 11.5 Å². The molecule has 0 atom stereocenters. The molecule has 0 aliphatic heterocycles. The standard InChI is InChI=1S/C13H18N6O3S/c1-21-5-4-16-11(14)19-13-18-9(7-23-13)10-3-2-8(22-10)6-17-12(15)20/h2-3,7H,4-6H2,1H3,(H3,15,17,20)(H3,14,16,18,19). The van der Waals surface area contributed by atoms with Crippen molar-refractivity contribution in [2.75, 3.05) is 25.6 Å². The van der Waals surface area contributed by atoms with Crippen molar-refractivity contribution in [1.82, 2.24) is 10.3 Å². The fourth-order valence-electron chi connectivity index (χ4n) is 1.64. The molecule has 2 aromatic rings. The Morgan fingerprint density at radius 3 is 3.04 bits per heavy atom. The van der Waals surface area contributed by atoms with Gasteiger partial charge in [0.1, 0.15) is 11.5 Å². The van der Waals surface area contributed by atoms with Crippen LogP contribution in [0.2, 0.25) is 0 Å². The lowest BCUT2D eigenvalue weighted by molar-refractivity contribution is 0.208.